The van der Waals surface area contributed by atoms with Crippen molar-refractivity contribution >= 4 is 56.1 Å². The largest absolute Gasteiger partial charge is 0.508 e. The van der Waals surface area contributed by atoms with Crippen LogP contribution in [0.2, 0.25) is 0 Å². The fourth-order valence-electron chi connectivity index (χ4n) is 13.5. The molecule has 388 valence electrons. The van der Waals surface area contributed by atoms with E-state index in [1.54, 1.807) is 6.20 Å². The summed E-state index contributed by atoms with van der Waals surface area (Å²) >= 11 is 0. The molecule has 8 heterocycles. The van der Waals surface area contributed by atoms with E-state index in [1.165, 1.54) is 29.8 Å². The molecule has 3 atom stereocenters. The number of nitrogens with zero attached hydrogens (tertiary/aromatic N) is 8. The molecule has 0 spiro atoms. The van der Waals surface area contributed by atoms with Crippen molar-refractivity contribution in [2.75, 3.05) is 70.4 Å². The first-order chi connectivity index (χ1) is 36.4. The van der Waals surface area contributed by atoms with Gasteiger partial charge in [0.25, 0.3) is 0 Å². The molecule has 3 amide bonds. The van der Waals surface area contributed by atoms with Crippen LogP contribution < -0.4 is 20.3 Å². The zero-order chi connectivity index (χ0) is 51.3. The number of hydrogen-bond acceptors (Lipinski definition) is 12. The molecular formula is C58H62F2N10O5. The van der Waals surface area contributed by atoms with Gasteiger partial charge in [0, 0.05) is 136 Å². The molecule has 75 heavy (non-hydrogen) atoms. The van der Waals surface area contributed by atoms with Gasteiger partial charge in [0.2, 0.25) is 17.7 Å². The number of piperidine rings is 2. The Hall–Kier alpha value is -6.74. The number of aromatic hydroxyl groups is 1. The van der Waals surface area contributed by atoms with Gasteiger partial charge in [-0.15, -0.1) is 6.42 Å². The number of carbonyl (C=O) groups is 3. The van der Waals surface area contributed by atoms with Crippen molar-refractivity contribution in [1.29, 1.82) is 0 Å². The minimum atomic E-state index is -0.733. The van der Waals surface area contributed by atoms with Crippen LogP contribution in [0.1, 0.15) is 92.7 Å². The third kappa shape index (κ3) is 8.82. The standard InChI is InChI=1S/C58H62F2N10O5/c1-3-41-47(59)10-5-35-24-40(71)26-44(50(35)41)52-51(60)53-45(27-61-52)54(70-28-37-6-7-38(29-70)62-37)65-57(64-53)75-32-58(14-15-58)31-67-18-20-68(21-19-67)39-22-36(23-39)56(74)69-16-12-33(13-17-69)34-4-8-42-46(30-66(2)48(42)25-34)43-9-11-49(72)63-55(43)73/h1,4-5,8,10,24-27,30,33,36-39,43,62,71H,6-7,9,11-23,28-29,31-32H2,2H3,(H,63,72,73). The average Bonchev–Trinajstić information content (AvgIpc) is 3.98. The summed E-state index contributed by atoms with van der Waals surface area (Å²) in [7, 11) is 2.01. The van der Waals surface area contributed by atoms with E-state index in [0.29, 0.717) is 79.1 Å². The number of aromatic nitrogens is 4. The Balaban J connectivity index is 0.625. The predicted octanol–water partition coefficient (Wildman–Crippen LogP) is 6.72. The molecule has 3 aromatic carbocycles. The van der Waals surface area contributed by atoms with Gasteiger partial charge in [0.1, 0.15) is 28.6 Å². The monoisotopic (exact) mass is 1020 g/mol. The summed E-state index contributed by atoms with van der Waals surface area (Å²) < 4.78 is 40.8. The summed E-state index contributed by atoms with van der Waals surface area (Å²) in [6.45, 7) is 8.00. The molecule has 0 radical (unpaired) electrons. The number of halogens is 2. The number of benzene rings is 3. The van der Waals surface area contributed by atoms with E-state index in [2.05, 4.69) is 63.9 Å². The van der Waals surface area contributed by atoms with Crippen molar-refractivity contribution in [3.05, 3.63) is 83.2 Å². The number of hydrogen-bond donors (Lipinski definition) is 3. The first-order valence-corrected chi connectivity index (χ1v) is 27.0. The predicted molar refractivity (Wildman–Crippen MR) is 280 cm³/mol. The Morgan fingerprint density at radius 3 is 2.44 bits per heavy atom. The number of ether oxygens (including phenoxy) is 1. The topological polar surface area (TPSA) is 161 Å². The Morgan fingerprint density at radius 1 is 0.933 bits per heavy atom. The fourth-order valence-corrected chi connectivity index (χ4v) is 13.5. The van der Waals surface area contributed by atoms with Gasteiger partial charge in [-0.1, -0.05) is 24.1 Å². The molecule has 17 heteroatoms. The normalized spacial score (nSPS) is 25.2. The quantitative estimate of drug-likeness (QED) is 0.0930. The lowest BCUT2D eigenvalue weighted by Crippen LogP contribution is -2.57. The van der Waals surface area contributed by atoms with Gasteiger partial charge in [-0.3, -0.25) is 29.6 Å². The molecule has 5 saturated heterocycles. The maximum atomic E-state index is 17.2. The minimum absolute atomic E-state index is 0.0363. The third-order valence-electron chi connectivity index (χ3n) is 18.0. The fraction of sp³-hybridized carbons (Fsp3) is 0.483. The molecule has 5 aliphatic heterocycles. The Labute approximate surface area is 434 Å². The second-order valence-electron chi connectivity index (χ2n) is 22.7. The lowest BCUT2D eigenvalue weighted by atomic mass is 9.77. The Morgan fingerprint density at radius 2 is 1.71 bits per heavy atom. The Bertz CT molecular complexity index is 3340. The number of phenols is 1. The molecule has 7 aliphatic rings. The number of phenolic OH excluding ortho intramolecular Hbond substituents is 1. The third-order valence-corrected chi connectivity index (χ3v) is 18.0. The number of nitrogens with one attached hydrogen (secondary N) is 2. The van der Waals surface area contributed by atoms with Crippen LogP contribution in [0.25, 0.3) is 43.8 Å². The molecular weight excluding hydrogens is 955 g/mol. The molecule has 7 fully saturated rings. The second-order valence-corrected chi connectivity index (χ2v) is 22.7. The van der Waals surface area contributed by atoms with E-state index in [1.807, 2.05) is 13.2 Å². The number of aryl methyl sites for hydroxylation is 1. The second kappa shape index (κ2) is 18.8. The van der Waals surface area contributed by atoms with Gasteiger partial charge in [0.15, 0.2) is 5.82 Å². The van der Waals surface area contributed by atoms with Crippen LogP contribution in [0.4, 0.5) is 14.6 Å². The zero-order valence-corrected chi connectivity index (χ0v) is 42.3. The van der Waals surface area contributed by atoms with Crippen LogP contribution in [0.15, 0.2) is 54.9 Å². The summed E-state index contributed by atoms with van der Waals surface area (Å²) in [6.07, 6.45) is 18.0. The lowest BCUT2D eigenvalue weighted by molar-refractivity contribution is -0.142. The SMILES string of the molecule is C#Cc1c(F)ccc2cc(O)cc(-c3ncc4c(N5CC6CCC(C5)N6)nc(OCC5(CN6CCN(C7CC(C(=O)N8CCC(c9ccc%10c(C%11CCC(=O)NC%11=O)cn(C)c%10c9)CC8)C7)CC6)CC5)nc4c3F)c12. The van der Waals surface area contributed by atoms with Gasteiger partial charge < -0.3 is 34.4 Å². The number of piperazine rings is 2. The number of fused-ring (bicyclic) bond motifs is 5. The van der Waals surface area contributed by atoms with Crippen LogP contribution in [-0.2, 0) is 21.4 Å². The van der Waals surface area contributed by atoms with Gasteiger partial charge in [-0.2, -0.15) is 9.97 Å². The summed E-state index contributed by atoms with van der Waals surface area (Å²) in [5.74, 6) is 1.49. The summed E-state index contributed by atoms with van der Waals surface area (Å²) in [5.41, 5.74) is 3.32. The van der Waals surface area contributed by atoms with Crippen LogP contribution in [0, 0.1) is 35.3 Å². The number of likely N-dealkylation sites (tertiary alicyclic amines) is 1. The van der Waals surface area contributed by atoms with Gasteiger partial charge in [0.05, 0.1) is 23.5 Å². The highest BCUT2D eigenvalue weighted by molar-refractivity contribution is 6.04. The summed E-state index contributed by atoms with van der Waals surface area (Å²) in [5, 5.41) is 19.1. The van der Waals surface area contributed by atoms with E-state index >= 15 is 8.78 Å². The Kier molecular flexibility index (Phi) is 12.0. The van der Waals surface area contributed by atoms with E-state index < -0.39 is 11.6 Å². The van der Waals surface area contributed by atoms with E-state index in [0.717, 1.165) is 114 Å². The van der Waals surface area contributed by atoms with E-state index in [-0.39, 0.29) is 68.5 Å². The van der Waals surface area contributed by atoms with E-state index in [9.17, 15) is 19.5 Å². The number of terminal acetylenes is 1. The summed E-state index contributed by atoms with van der Waals surface area (Å²) in [4.78, 5) is 61.9. The van der Waals surface area contributed by atoms with Crippen molar-refractivity contribution in [3.63, 3.8) is 0 Å². The number of anilines is 1. The first kappa shape index (κ1) is 47.9. The molecule has 6 aromatic rings. The molecule has 3 N–H and O–H groups in total. The molecule has 3 unspecified atom stereocenters. The molecule has 15 nitrogen and oxygen atoms in total. The van der Waals surface area contributed by atoms with Crippen molar-refractivity contribution in [2.24, 2.45) is 18.4 Å². The zero-order valence-electron chi connectivity index (χ0n) is 42.3. The molecule has 2 saturated carbocycles. The number of imide groups is 1. The van der Waals surface area contributed by atoms with Crippen molar-refractivity contribution in [2.45, 2.75) is 94.2 Å². The minimum Gasteiger partial charge on any atom is -0.508 e. The number of amides is 3. The highest BCUT2D eigenvalue weighted by atomic mass is 19.1. The number of pyridine rings is 1. The lowest BCUT2D eigenvalue weighted by Gasteiger charge is -2.47. The highest BCUT2D eigenvalue weighted by Gasteiger charge is 2.47. The maximum Gasteiger partial charge on any atom is 0.319 e. The van der Waals surface area contributed by atoms with Crippen LogP contribution >= 0.6 is 0 Å². The highest BCUT2D eigenvalue weighted by Crippen LogP contribution is 2.48. The van der Waals surface area contributed by atoms with Gasteiger partial charge >= 0.3 is 6.01 Å². The number of carbonyl (C=O) groups excluding carboxylic acids is 3. The van der Waals surface area contributed by atoms with Crippen molar-refractivity contribution in [1.82, 2.24) is 44.9 Å². The van der Waals surface area contributed by atoms with Crippen molar-refractivity contribution < 1.29 is 33.0 Å². The van der Waals surface area contributed by atoms with E-state index in [4.69, 9.17) is 21.1 Å². The first-order valence-electron chi connectivity index (χ1n) is 27.0. The van der Waals surface area contributed by atoms with Crippen molar-refractivity contribution in [3.8, 4) is 35.4 Å². The maximum absolute atomic E-state index is 17.2. The number of rotatable bonds is 11. The smallest absolute Gasteiger partial charge is 0.319 e. The average molecular weight is 1020 g/mol. The van der Waals surface area contributed by atoms with Gasteiger partial charge in [-0.05, 0) is 104 Å². The van der Waals surface area contributed by atoms with Crippen LogP contribution in [0.5, 0.6) is 11.8 Å². The summed E-state index contributed by atoms with van der Waals surface area (Å²) in [6, 6.07) is 13.2. The van der Waals surface area contributed by atoms with Gasteiger partial charge in [-0.25, -0.2) is 8.78 Å². The van der Waals surface area contributed by atoms with Crippen LogP contribution in [-0.4, -0.2) is 141 Å². The molecule has 2 bridgehead atoms. The molecule has 2 aliphatic carbocycles. The van der Waals surface area contributed by atoms with Crippen LogP contribution in [0.3, 0.4) is 0 Å². The molecule has 3 aromatic heterocycles. The molecule has 13 rings (SSSR count).